The van der Waals surface area contributed by atoms with E-state index in [0.29, 0.717) is 29.2 Å². The highest BCUT2D eigenvalue weighted by Crippen LogP contribution is 2.31. The number of aromatic nitrogens is 5. The van der Waals surface area contributed by atoms with Crippen molar-refractivity contribution < 1.29 is 8.81 Å². The summed E-state index contributed by atoms with van der Waals surface area (Å²) in [5, 5.41) is 7.16. The van der Waals surface area contributed by atoms with Crippen molar-refractivity contribution in [2.45, 2.75) is 58.5 Å². The molecule has 9 nitrogen and oxygen atoms in total. The number of hydrogen-bond donors (Lipinski definition) is 2. The van der Waals surface area contributed by atoms with Crippen LogP contribution in [0.25, 0.3) is 17.0 Å². The van der Waals surface area contributed by atoms with Gasteiger partial charge in [-0.1, -0.05) is 19.9 Å². The predicted molar refractivity (Wildman–Crippen MR) is 132 cm³/mol. The van der Waals surface area contributed by atoms with Gasteiger partial charge in [0, 0.05) is 29.4 Å². The molecule has 184 valence electrons. The number of oxazole rings is 1. The molecule has 0 atom stereocenters. The highest BCUT2D eigenvalue weighted by Gasteiger charge is 2.28. The van der Waals surface area contributed by atoms with Gasteiger partial charge in [-0.25, -0.2) is 9.67 Å². The van der Waals surface area contributed by atoms with Gasteiger partial charge in [0.15, 0.2) is 5.65 Å². The second kappa shape index (κ2) is 8.30. The fourth-order valence-electron chi connectivity index (χ4n) is 4.53. The van der Waals surface area contributed by atoms with E-state index in [2.05, 4.69) is 51.6 Å². The van der Waals surface area contributed by atoms with Crippen molar-refractivity contribution in [2.75, 3.05) is 18.5 Å². The minimum absolute atomic E-state index is 0.0771. The molecule has 1 aromatic carbocycles. The topological polar surface area (TPSA) is 103 Å². The number of halogens is 1. The lowest BCUT2D eigenvalue weighted by Crippen LogP contribution is -2.42. The summed E-state index contributed by atoms with van der Waals surface area (Å²) in [6.07, 6.45) is 3.88. The monoisotopic (exact) mass is 479 g/mol. The zero-order chi connectivity index (χ0) is 25.0. The summed E-state index contributed by atoms with van der Waals surface area (Å²) in [5.74, 6) is 0.350. The van der Waals surface area contributed by atoms with E-state index in [1.54, 1.807) is 13.8 Å². The van der Waals surface area contributed by atoms with Gasteiger partial charge in [-0.3, -0.25) is 9.18 Å². The van der Waals surface area contributed by atoms with Gasteiger partial charge in [0.25, 0.3) is 5.56 Å². The molecule has 0 saturated carbocycles. The molecule has 0 radical (unpaired) electrons. The Balaban J connectivity index is 1.56. The van der Waals surface area contributed by atoms with Crippen LogP contribution >= 0.6 is 0 Å². The molecule has 0 spiro atoms. The highest BCUT2D eigenvalue weighted by atomic mass is 19.1. The van der Waals surface area contributed by atoms with Crippen LogP contribution in [0.1, 0.15) is 51.4 Å². The molecule has 0 aliphatic carbocycles. The first kappa shape index (κ1) is 23.2. The molecule has 5 rings (SSSR count). The lowest BCUT2D eigenvalue weighted by Gasteiger charge is -2.34. The second-order valence-electron chi connectivity index (χ2n) is 10.1. The average Bonchev–Trinajstić information content (AvgIpc) is 3.42. The molecule has 1 aliphatic rings. The van der Waals surface area contributed by atoms with Crippen LogP contribution in [-0.2, 0) is 23.9 Å². The summed E-state index contributed by atoms with van der Waals surface area (Å²) in [6.45, 7) is 10.4. The van der Waals surface area contributed by atoms with Crippen molar-refractivity contribution >= 4 is 22.7 Å². The molecule has 35 heavy (non-hydrogen) atoms. The molecular formula is C25H30FN7O2. The lowest BCUT2D eigenvalue weighted by molar-refractivity contribution is 0.343. The zero-order valence-electron chi connectivity index (χ0n) is 20.6. The third kappa shape index (κ3) is 3.91. The van der Waals surface area contributed by atoms with Crippen molar-refractivity contribution in [3.8, 4) is 6.01 Å². The third-order valence-electron chi connectivity index (χ3n) is 6.67. The van der Waals surface area contributed by atoms with E-state index in [0.717, 1.165) is 18.7 Å². The molecule has 4 aromatic rings. The van der Waals surface area contributed by atoms with Gasteiger partial charge < -0.3 is 15.1 Å². The molecular weight excluding hydrogens is 449 g/mol. The SMILES string of the molecule is CCn1c(=O)c2cnc(Nc3ccc4c(c3)CCNC4(C)C)nc2n1-c1nc(C(C)(C)CF)co1. The molecule has 0 bridgehead atoms. The Bertz CT molecular complexity index is 1460. The van der Waals surface area contributed by atoms with E-state index >= 15 is 0 Å². The fourth-order valence-corrected chi connectivity index (χ4v) is 4.53. The van der Waals surface area contributed by atoms with Crippen LogP contribution < -0.4 is 16.2 Å². The summed E-state index contributed by atoms with van der Waals surface area (Å²) in [6, 6.07) is 6.40. The summed E-state index contributed by atoms with van der Waals surface area (Å²) in [5.41, 5.74) is 3.11. The van der Waals surface area contributed by atoms with Gasteiger partial charge in [0.2, 0.25) is 5.95 Å². The van der Waals surface area contributed by atoms with Crippen LogP contribution in [0.5, 0.6) is 0 Å². The van der Waals surface area contributed by atoms with Gasteiger partial charge >= 0.3 is 6.01 Å². The van der Waals surface area contributed by atoms with Gasteiger partial charge in [-0.05, 0) is 57.0 Å². The normalized spacial score (nSPS) is 15.4. The van der Waals surface area contributed by atoms with Crippen molar-refractivity contribution in [2.24, 2.45) is 0 Å². The third-order valence-corrected chi connectivity index (χ3v) is 6.67. The summed E-state index contributed by atoms with van der Waals surface area (Å²) < 4.78 is 22.2. The van der Waals surface area contributed by atoms with Crippen LogP contribution in [0.4, 0.5) is 16.0 Å². The molecule has 10 heteroatoms. The Morgan fingerprint density at radius 1 is 1.29 bits per heavy atom. The number of fused-ring (bicyclic) bond motifs is 2. The van der Waals surface area contributed by atoms with Crippen molar-refractivity contribution in [3.05, 3.63) is 57.8 Å². The van der Waals surface area contributed by atoms with E-state index < -0.39 is 12.1 Å². The number of benzene rings is 1. The van der Waals surface area contributed by atoms with Crippen LogP contribution in [0, 0.1) is 0 Å². The van der Waals surface area contributed by atoms with E-state index in [1.807, 2.05) is 13.0 Å². The molecule has 0 fully saturated rings. The highest BCUT2D eigenvalue weighted by molar-refractivity contribution is 5.76. The van der Waals surface area contributed by atoms with Crippen molar-refractivity contribution in [3.63, 3.8) is 0 Å². The van der Waals surface area contributed by atoms with Crippen LogP contribution in [0.15, 0.2) is 39.9 Å². The maximum absolute atomic E-state index is 13.5. The molecule has 4 heterocycles. The Morgan fingerprint density at radius 2 is 2.09 bits per heavy atom. The summed E-state index contributed by atoms with van der Waals surface area (Å²) in [7, 11) is 0. The molecule has 3 aromatic heterocycles. The maximum atomic E-state index is 13.5. The fraction of sp³-hybridized carbons (Fsp3) is 0.440. The Morgan fingerprint density at radius 3 is 2.83 bits per heavy atom. The van der Waals surface area contributed by atoms with Crippen molar-refractivity contribution in [1.82, 2.24) is 29.6 Å². The average molecular weight is 480 g/mol. The van der Waals surface area contributed by atoms with E-state index in [9.17, 15) is 9.18 Å². The summed E-state index contributed by atoms with van der Waals surface area (Å²) in [4.78, 5) is 26.5. The van der Waals surface area contributed by atoms with Crippen molar-refractivity contribution in [1.29, 1.82) is 0 Å². The van der Waals surface area contributed by atoms with Gasteiger partial charge in [0.1, 0.15) is 18.3 Å². The molecule has 1 aliphatic heterocycles. The molecule has 0 saturated heterocycles. The van der Waals surface area contributed by atoms with Crippen LogP contribution in [0.2, 0.25) is 0 Å². The van der Waals surface area contributed by atoms with Gasteiger partial charge in [-0.15, -0.1) is 0 Å². The van der Waals surface area contributed by atoms with E-state index in [4.69, 9.17) is 4.42 Å². The first-order chi connectivity index (χ1) is 16.6. The molecule has 0 unspecified atom stereocenters. The maximum Gasteiger partial charge on any atom is 0.323 e. The van der Waals surface area contributed by atoms with E-state index in [1.165, 1.54) is 33.0 Å². The molecule has 0 amide bonds. The lowest BCUT2D eigenvalue weighted by atomic mass is 9.85. The van der Waals surface area contributed by atoms with Crippen LogP contribution in [0.3, 0.4) is 0 Å². The van der Waals surface area contributed by atoms with Gasteiger partial charge in [-0.2, -0.15) is 14.6 Å². The number of nitrogens with one attached hydrogen (secondary N) is 2. The quantitative estimate of drug-likeness (QED) is 0.431. The molecule has 2 N–H and O–H groups in total. The summed E-state index contributed by atoms with van der Waals surface area (Å²) >= 11 is 0. The Hall–Kier alpha value is -3.53. The zero-order valence-corrected chi connectivity index (χ0v) is 20.6. The Labute approximate surface area is 202 Å². The van der Waals surface area contributed by atoms with Gasteiger partial charge in [0.05, 0.1) is 5.69 Å². The number of nitrogens with zero attached hydrogens (tertiary/aromatic N) is 5. The minimum atomic E-state index is -0.805. The first-order valence-corrected chi connectivity index (χ1v) is 11.8. The number of hydrogen-bond acceptors (Lipinski definition) is 7. The predicted octanol–water partition coefficient (Wildman–Crippen LogP) is 3.96. The second-order valence-corrected chi connectivity index (χ2v) is 10.1. The minimum Gasteiger partial charge on any atom is -0.430 e. The number of rotatable bonds is 6. The number of alkyl halides is 1. The largest absolute Gasteiger partial charge is 0.430 e. The standard InChI is InChI=1S/C25H30FN7O2/c1-6-32-21(34)17-12-27-22(29-16-7-8-18-15(11-16)9-10-28-25(18,4)5)31-20(17)33(32)23-30-19(13-35-23)24(2,3)14-26/h7-8,11-13,28H,6,9-10,14H2,1-5H3,(H,27,29,31). The Kier molecular flexibility index (Phi) is 5.51. The number of anilines is 2. The first-order valence-electron chi connectivity index (χ1n) is 11.8. The van der Waals surface area contributed by atoms with E-state index in [-0.39, 0.29) is 17.1 Å². The van der Waals surface area contributed by atoms with Crippen LogP contribution in [-0.4, -0.2) is 37.5 Å². The smallest absolute Gasteiger partial charge is 0.323 e.